The molecule has 3 fully saturated rings. The van der Waals surface area contributed by atoms with Gasteiger partial charge >= 0.3 is 6.09 Å². The maximum Gasteiger partial charge on any atom is 0.410 e. The van der Waals surface area contributed by atoms with E-state index in [2.05, 4.69) is 48.5 Å². The van der Waals surface area contributed by atoms with E-state index in [4.69, 9.17) is 9.47 Å². The fraction of sp³-hybridized carbons (Fsp3) is 0.640. The lowest BCUT2D eigenvalue weighted by Gasteiger charge is -2.42. The first-order chi connectivity index (χ1) is 17.7. The minimum absolute atomic E-state index is 0.0150. The molecule has 0 saturated carbocycles. The predicted molar refractivity (Wildman–Crippen MR) is 137 cm³/mol. The van der Waals surface area contributed by atoms with Crippen LogP contribution in [0, 0.1) is 0 Å². The van der Waals surface area contributed by atoms with E-state index in [-0.39, 0.29) is 36.8 Å². The van der Waals surface area contributed by atoms with E-state index in [0.717, 1.165) is 37.4 Å². The highest BCUT2D eigenvalue weighted by Gasteiger charge is 2.36. The summed E-state index contributed by atoms with van der Waals surface area (Å²) in [5, 5.41) is 18.5. The number of amides is 2. The van der Waals surface area contributed by atoms with Crippen molar-refractivity contribution < 1.29 is 19.1 Å². The number of aromatic nitrogens is 4. The number of carbonyl (C=O) groups excluding carboxylic acids is 2. The Bertz CT molecular complexity index is 1110. The van der Waals surface area contributed by atoms with E-state index >= 15 is 0 Å². The number of ether oxygens (including phenoxy) is 2. The third-order valence-electron chi connectivity index (χ3n) is 6.95. The fourth-order valence-electron chi connectivity index (χ4n) is 5.18. The number of piperazine rings is 1. The molecule has 0 spiro atoms. The normalized spacial score (nSPS) is 23.8. The zero-order valence-corrected chi connectivity index (χ0v) is 21.9. The van der Waals surface area contributed by atoms with Crippen LogP contribution in [0.4, 0.5) is 16.3 Å². The lowest BCUT2D eigenvalue weighted by molar-refractivity contribution is 0.0218. The van der Waals surface area contributed by atoms with Gasteiger partial charge in [-0.15, -0.1) is 10.2 Å². The molecule has 2 bridgehead atoms. The van der Waals surface area contributed by atoms with Crippen molar-refractivity contribution in [3.8, 4) is 0 Å². The molecule has 200 valence electrons. The second-order valence-electron chi connectivity index (χ2n) is 11.0. The minimum atomic E-state index is -0.543. The topological polar surface area (TPSA) is 129 Å². The number of hydrogen-bond acceptors (Lipinski definition) is 9. The number of carbonyl (C=O) groups is 2. The zero-order chi connectivity index (χ0) is 26.2. The van der Waals surface area contributed by atoms with Crippen molar-refractivity contribution in [2.24, 2.45) is 0 Å². The molecule has 3 saturated heterocycles. The average Bonchev–Trinajstić information content (AvgIpc) is 3.51. The molecule has 3 aliphatic heterocycles. The van der Waals surface area contributed by atoms with Crippen LogP contribution in [0.15, 0.2) is 18.3 Å². The average molecular weight is 513 g/mol. The summed E-state index contributed by atoms with van der Waals surface area (Å²) in [5.74, 6) is 0.544. The zero-order valence-electron chi connectivity index (χ0n) is 21.9. The van der Waals surface area contributed by atoms with Gasteiger partial charge in [0.05, 0.1) is 24.4 Å². The monoisotopic (exact) mass is 512 g/mol. The summed E-state index contributed by atoms with van der Waals surface area (Å²) in [5.41, 5.74) is 1.42. The highest BCUT2D eigenvalue weighted by Crippen LogP contribution is 2.32. The van der Waals surface area contributed by atoms with Gasteiger partial charge in [0.1, 0.15) is 17.0 Å². The van der Waals surface area contributed by atoms with Gasteiger partial charge in [0.25, 0.3) is 5.91 Å². The van der Waals surface area contributed by atoms with E-state index < -0.39 is 5.60 Å². The summed E-state index contributed by atoms with van der Waals surface area (Å²) < 4.78 is 11.6. The minimum Gasteiger partial charge on any atom is -0.444 e. The molecule has 2 aromatic heterocycles. The molecule has 2 unspecified atom stereocenters. The maximum absolute atomic E-state index is 12.7. The number of fused-ring (bicyclic) bond motifs is 2. The van der Waals surface area contributed by atoms with Crippen molar-refractivity contribution in [2.75, 3.05) is 42.5 Å². The van der Waals surface area contributed by atoms with E-state index in [9.17, 15) is 9.59 Å². The van der Waals surface area contributed by atoms with Gasteiger partial charge in [-0.05, 0) is 46.6 Å². The van der Waals surface area contributed by atoms with E-state index in [1.807, 2.05) is 20.8 Å². The molecule has 0 radical (unpaired) electrons. The Balaban J connectivity index is 1.36. The number of H-pyrrole nitrogens is 1. The lowest BCUT2D eigenvalue weighted by atomic mass is 10.1. The second kappa shape index (κ2) is 10.2. The van der Waals surface area contributed by atoms with E-state index in [1.165, 1.54) is 6.20 Å². The number of aromatic amines is 1. The predicted octanol–water partition coefficient (Wildman–Crippen LogP) is 1.94. The summed E-state index contributed by atoms with van der Waals surface area (Å²) in [6, 6.07) is 3.70. The molecule has 0 aliphatic carbocycles. The summed E-state index contributed by atoms with van der Waals surface area (Å²) in [4.78, 5) is 31.4. The SMILES string of the molecule is C[C@@H]1CN(C(=O)OC(C)(C)C)CCN1c1cc(N2CC3CCC(C2)O3)nnc1CNC(=O)c1ccn[nH]1. The molecule has 3 atom stereocenters. The number of anilines is 2. The van der Waals surface area contributed by atoms with Gasteiger partial charge in [-0.25, -0.2) is 4.79 Å². The molecule has 5 rings (SSSR count). The van der Waals surface area contributed by atoms with Crippen LogP contribution in [0.25, 0.3) is 0 Å². The standard InChI is InChI=1S/C25H36N8O4/c1-16-13-31(24(35)37-25(2,3)4)9-10-33(16)21-11-22(32-14-17-5-6-18(15-32)36-17)30-29-20(21)12-26-23(34)19-7-8-27-28-19/h7-8,11,16-18H,5-6,9-10,12-15H2,1-4H3,(H,26,34)(H,27,28)/t16-,17?,18?/m1/s1. The van der Waals surface area contributed by atoms with Crippen LogP contribution in [0.1, 0.15) is 56.7 Å². The van der Waals surface area contributed by atoms with Crippen LogP contribution in [0.3, 0.4) is 0 Å². The Hall–Kier alpha value is -3.41. The molecule has 5 heterocycles. The van der Waals surface area contributed by atoms with Crippen LogP contribution in [0.5, 0.6) is 0 Å². The number of nitrogens with zero attached hydrogens (tertiary/aromatic N) is 6. The van der Waals surface area contributed by atoms with Crippen molar-refractivity contribution in [2.45, 2.75) is 70.9 Å². The number of hydrogen-bond donors (Lipinski definition) is 2. The molecule has 12 heteroatoms. The van der Waals surface area contributed by atoms with Crippen LogP contribution in [0.2, 0.25) is 0 Å². The van der Waals surface area contributed by atoms with Crippen molar-refractivity contribution in [1.29, 1.82) is 0 Å². The van der Waals surface area contributed by atoms with Gasteiger partial charge in [0, 0.05) is 51.0 Å². The fourth-order valence-corrected chi connectivity index (χ4v) is 5.18. The smallest absolute Gasteiger partial charge is 0.410 e. The summed E-state index contributed by atoms with van der Waals surface area (Å²) in [6.07, 6.45) is 3.84. The Morgan fingerprint density at radius 3 is 2.57 bits per heavy atom. The van der Waals surface area contributed by atoms with Crippen LogP contribution >= 0.6 is 0 Å². The van der Waals surface area contributed by atoms with E-state index in [0.29, 0.717) is 31.0 Å². The molecular formula is C25H36N8O4. The molecule has 3 aliphatic rings. The van der Waals surface area contributed by atoms with Gasteiger partial charge in [0.15, 0.2) is 5.82 Å². The Kier molecular flexibility index (Phi) is 6.93. The van der Waals surface area contributed by atoms with Gasteiger partial charge in [-0.3, -0.25) is 9.89 Å². The Morgan fingerprint density at radius 1 is 1.16 bits per heavy atom. The third-order valence-corrected chi connectivity index (χ3v) is 6.95. The quantitative estimate of drug-likeness (QED) is 0.617. The molecule has 2 N–H and O–H groups in total. The third kappa shape index (κ3) is 5.79. The molecular weight excluding hydrogens is 476 g/mol. The van der Waals surface area contributed by atoms with Crippen molar-refractivity contribution in [3.63, 3.8) is 0 Å². The molecule has 0 aromatic carbocycles. The van der Waals surface area contributed by atoms with Crippen LogP contribution < -0.4 is 15.1 Å². The summed E-state index contributed by atoms with van der Waals surface area (Å²) in [7, 11) is 0. The van der Waals surface area contributed by atoms with Gasteiger partial charge in [0.2, 0.25) is 0 Å². The number of rotatable bonds is 5. The van der Waals surface area contributed by atoms with Crippen molar-refractivity contribution in [1.82, 2.24) is 30.6 Å². The second-order valence-corrected chi connectivity index (χ2v) is 11.0. The Morgan fingerprint density at radius 2 is 1.92 bits per heavy atom. The molecule has 12 nitrogen and oxygen atoms in total. The highest BCUT2D eigenvalue weighted by atomic mass is 16.6. The largest absolute Gasteiger partial charge is 0.444 e. The van der Waals surface area contributed by atoms with Crippen molar-refractivity contribution in [3.05, 3.63) is 29.7 Å². The van der Waals surface area contributed by atoms with Gasteiger partial charge in [-0.2, -0.15) is 5.10 Å². The highest BCUT2D eigenvalue weighted by molar-refractivity contribution is 5.92. The first-order valence-electron chi connectivity index (χ1n) is 13.0. The molecule has 37 heavy (non-hydrogen) atoms. The van der Waals surface area contributed by atoms with Crippen molar-refractivity contribution >= 4 is 23.5 Å². The van der Waals surface area contributed by atoms with Crippen LogP contribution in [-0.4, -0.2) is 93.9 Å². The first-order valence-corrected chi connectivity index (χ1v) is 13.0. The summed E-state index contributed by atoms with van der Waals surface area (Å²) in [6.45, 7) is 11.2. The van der Waals surface area contributed by atoms with E-state index in [1.54, 1.807) is 11.0 Å². The number of nitrogens with one attached hydrogen (secondary N) is 2. The molecule has 2 amide bonds. The summed E-state index contributed by atoms with van der Waals surface area (Å²) >= 11 is 0. The van der Waals surface area contributed by atoms with Gasteiger partial charge in [-0.1, -0.05) is 0 Å². The Labute approximate surface area is 216 Å². The molecule has 2 aromatic rings. The van der Waals surface area contributed by atoms with Gasteiger partial charge < -0.3 is 29.5 Å². The lowest BCUT2D eigenvalue weighted by Crippen LogP contribution is -2.55. The number of morpholine rings is 1. The first kappa shape index (κ1) is 25.2. The van der Waals surface area contributed by atoms with Crippen LogP contribution in [-0.2, 0) is 16.0 Å². The maximum atomic E-state index is 12.7.